The molecule has 1 aliphatic carbocycles. The molecule has 1 saturated carbocycles. The van der Waals surface area contributed by atoms with Gasteiger partial charge < -0.3 is 15.4 Å². The number of hydrogen-bond acceptors (Lipinski definition) is 3. The summed E-state index contributed by atoms with van der Waals surface area (Å²) in [4.78, 5) is 11.7. The van der Waals surface area contributed by atoms with Gasteiger partial charge in [-0.1, -0.05) is 12.1 Å². The van der Waals surface area contributed by atoms with Gasteiger partial charge >= 0.3 is 6.09 Å². The Bertz CT molecular complexity index is 569. The molecule has 0 aliphatic heterocycles. The van der Waals surface area contributed by atoms with Crippen LogP contribution in [-0.4, -0.2) is 23.8 Å². The summed E-state index contributed by atoms with van der Waals surface area (Å²) in [5.74, 6) is 0. The molecule has 0 saturated heterocycles. The van der Waals surface area contributed by atoms with E-state index in [4.69, 9.17) is 4.74 Å². The molecule has 2 N–H and O–H groups in total. The zero-order valence-electron chi connectivity index (χ0n) is 15.2. The van der Waals surface area contributed by atoms with Crippen LogP contribution >= 0.6 is 0 Å². The van der Waals surface area contributed by atoms with E-state index < -0.39 is 5.60 Å². The molecule has 1 amide bonds. The molecule has 23 heavy (non-hydrogen) atoms. The van der Waals surface area contributed by atoms with Crippen molar-refractivity contribution in [2.45, 2.75) is 78.6 Å². The van der Waals surface area contributed by atoms with E-state index in [9.17, 15) is 4.79 Å². The minimum atomic E-state index is -0.438. The number of alkyl carbamates (subject to hydrolysis) is 1. The van der Waals surface area contributed by atoms with Gasteiger partial charge in [-0.3, -0.25) is 0 Å². The predicted molar refractivity (Wildman–Crippen MR) is 93.7 cm³/mol. The highest BCUT2D eigenvalue weighted by Gasteiger charge is 2.31. The van der Waals surface area contributed by atoms with Crippen molar-refractivity contribution in [3.05, 3.63) is 34.4 Å². The molecule has 0 radical (unpaired) electrons. The molecular weight excluding hydrogens is 288 g/mol. The quantitative estimate of drug-likeness (QED) is 0.889. The van der Waals surface area contributed by atoms with E-state index in [1.807, 2.05) is 20.8 Å². The number of amides is 1. The highest BCUT2D eigenvalue weighted by atomic mass is 16.6. The van der Waals surface area contributed by atoms with Crippen LogP contribution in [0.2, 0.25) is 0 Å². The molecule has 0 heterocycles. The lowest BCUT2D eigenvalue weighted by Gasteiger charge is -2.37. The average molecular weight is 318 g/mol. The number of hydrogen-bond donors (Lipinski definition) is 2. The lowest BCUT2D eigenvalue weighted by molar-refractivity contribution is 0.0465. The first-order chi connectivity index (χ1) is 10.6. The number of carbonyl (C=O) groups is 1. The minimum absolute atomic E-state index is 0.225. The van der Waals surface area contributed by atoms with Crippen LogP contribution in [0.15, 0.2) is 12.1 Å². The van der Waals surface area contributed by atoms with Crippen LogP contribution in [0, 0.1) is 20.8 Å². The number of benzene rings is 1. The van der Waals surface area contributed by atoms with E-state index in [-0.39, 0.29) is 12.1 Å². The van der Waals surface area contributed by atoms with Gasteiger partial charge in [0.25, 0.3) is 0 Å². The number of carbonyl (C=O) groups excluding carboxylic acids is 1. The molecule has 1 aromatic carbocycles. The normalized spacial score (nSPS) is 20.8. The van der Waals surface area contributed by atoms with Crippen molar-refractivity contribution >= 4 is 6.09 Å². The van der Waals surface area contributed by atoms with E-state index in [0.717, 1.165) is 19.4 Å². The van der Waals surface area contributed by atoms with Crippen LogP contribution in [-0.2, 0) is 11.3 Å². The van der Waals surface area contributed by atoms with Crippen LogP contribution in [0.3, 0.4) is 0 Å². The molecule has 4 heteroatoms. The van der Waals surface area contributed by atoms with Crippen molar-refractivity contribution in [2.75, 3.05) is 0 Å². The Labute approximate surface area is 140 Å². The molecule has 1 aliphatic rings. The number of rotatable bonds is 4. The van der Waals surface area contributed by atoms with Gasteiger partial charge in [-0.25, -0.2) is 4.79 Å². The number of nitrogens with one attached hydrogen (secondary N) is 2. The fourth-order valence-electron chi connectivity index (χ4n) is 2.84. The molecule has 4 nitrogen and oxygen atoms in total. The second-order valence-electron chi connectivity index (χ2n) is 7.76. The monoisotopic (exact) mass is 318 g/mol. The van der Waals surface area contributed by atoms with Crippen LogP contribution < -0.4 is 10.6 Å². The second-order valence-corrected chi connectivity index (χ2v) is 7.76. The molecule has 0 spiro atoms. The van der Waals surface area contributed by atoms with Crippen LogP contribution in [0.5, 0.6) is 0 Å². The summed E-state index contributed by atoms with van der Waals surface area (Å²) in [6, 6.07) is 5.21. The van der Waals surface area contributed by atoms with Gasteiger partial charge in [0.1, 0.15) is 5.60 Å². The topological polar surface area (TPSA) is 50.4 Å². The van der Waals surface area contributed by atoms with E-state index in [1.54, 1.807) is 0 Å². The van der Waals surface area contributed by atoms with E-state index >= 15 is 0 Å². The molecular formula is C19H30N2O2. The van der Waals surface area contributed by atoms with Crippen molar-refractivity contribution < 1.29 is 9.53 Å². The average Bonchev–Trinajstić information content (AvgIpc) is 2.35. The highest BCUT2D eigenvalue weighted by molar-refractivity contribution is 5.68. The molecule has 1 aromatic rings. The van der Waals surface area contributed by atoms with Gasteiger partial charge in [0, 0.05) is 18.6 Å². The van der Waals surface area contributed by atoms with Crippen molar-refractivity contribution in [1.29, 1.82) is 0 Å². The standard InChI is InChI=1S/C19H30N2O2/c1-12-7-14(3)15(8-13(12)2)11-20-16-9-17(10-16)21-18(22)23-19(4,5)6/h7-8,16-17,20H,9-11H2,1-6H3,(H,21,22). The van der Waals surface area contributed by atoms with Gasteiger partial charge in [0.15, 0.2) is 0 Å². The third-order valence-electron chi connectivity index (χ3n) is 4.39. The van der Waals surface area contributed by atoms with E-state index in [0.29, 0.717) is 6.04 Å². The molecule has 128 valence electrons. The van der Waals surface area contributed by atoms with Crippen LogP contribution in [0.1, 0.15) is 55.9 Å². The van der Waals surface area contributed by atoms with Gasteiger partial charge in [0.2, 0.25) is 0 Å². The predicted octanol–water partition coefficient (Wildman–Crippen LogP) is 3.76. The fraction of sp³-hybridized carbons (Fsp3) is 0.632. The van der Waals surface area contributed by atoms with E-state index in [2.05, 4.69) is 43.5 Å². The first-order valence-electron chi connectivity index (χ1n) is 8.43. The Morgan fingerprint density at radius 1 is 1.09 bits per heavy atom. The summed E-state index contributed by atoms with van der Waals surface area (Å²) in [7, 11) is 0. The maximum absolute atomic E-state index is 11.7. The maximum Gasteiger partial charge on any atom is 0.407 e. The molecule has 2 rings (SSSR count). The SMILES string of the molecule is Cc1cc(C)c(CNC2CC(NC(=O)OC(C)(C)C)C2)cc1C. The summed E-state index contributed by atoms with van der Waals surface area (Å²) < 4.78 is 5.28. The zero-order chi connectivity index (χ0) is 17.2. The first kappa shape index (κ1) is 17.8. The maximum atomic E-state index is 11.7. The van der Waals surface area contributed by atoms with Gasteiger partial charge in [0.05, 0.1) is 0 Å². The summed E-state index contributed by atoms with van der Waals surface area (Å²) in [6.45, 7) is 13.0. The van der Waals surface area contributed by atoms with Crippen molar-refractivity contribution in [1.82, 2.24) is 10.6 Å². The summed E-state index contributed by atoms with van der Waals surface area (Å²) in [5, 5.41) is 6.51. The van der Waals surface area contributed by atoms with Gasteiger partial charge in [-0.15, -0.1) is 0 Å². The Kier molecular flexibility index (Phi) is 5.35. The third kappa shape index (κ3) is 5.24. The molecule has 1 fully saturated rings. The summed E-state index contributed by atoms with van der Waals surface area (Å²) >= 11 is 0. The lowest BCUT2D eigenvalue weighted by Crippen LogP contribution is -2.53. The van der Waals surface area contributed by atoms with Gasteiger partial charge in [-0.2, -0.15) is 0 Å². The lowest BCUT2D eigenvalue weighted by atomic mass is 9.86. The summed E-state index contributed by atoms with van der Waals surface area (Å²) in [5.41, 5.74) is 4.94. The Morgan fingerprint density at radius 3 is 2.30 bits per heavy atom. The smallest absolute Gasteiger partial charge is 0.407 e. The molecule has 0 aromatic heterocycles. The van der Waals surface area contributed by atoms with Crippen molar-refractivity contribution in [3.63, 3.8) is 0 Å². The molecule has 0 unspecified atom stereocenters. The van der Waals surface area contributed by atoms with Crippen molar-refractivity contribution in [3.8, 4) is 0 Å². The Hall–Kier alpha value is -1.55. The van der Waals surface area contributed by atoms with Crippen LogP contribution in [0.4, 0.5) is 4.79 Å². The van der Waals surface area contributed by atoms with Crippen LogP contribution in [0.25, 0.3) is 0 Å². The minimum Gasteiger partial charge on any atom is -0.444 e. The second kappa shape index (κ2) is 6.91. The van der Waals surface area contributed by atoms with Crippen molar-refractivity contribution in [2.24, 2.45) is 0 Å². The molecule has 0 bridgehead atoms. The largest absolute Gasteiger partial charge is 0.444 e. The Balaban J connectivity index is 1.73. The van der Waals surface area contributed by atoms with Gasteiger partial charge in [-0.05, 0) is 76.6 Å². The number of ether oxygens (including phenoxy) is 1. The third-order valence-corrected chi connectivity index (χ3v) is 4.39. The zero-order valence-corrected chi connectivity index (χ0v) is 15.2. The summed E-state index contributed by atoms with van der Waals surface area (Å²) in [6.07, 6.45) is 1.61. The first-order valence-corrected chi connectivity index (χ1v) is 8.43. The van der Waals surface area contributed by atoms with E-state index in [1.165, 1.54) is 22.3 Å². The molecule has 0 atom stereocenters. The fourth-order valence-corrected chi connectivity index (χ4v) is 2.84. The highest BCUT2D eigenvalue weighted by Crippen LogP contribution is 2.22. The Morgan fingerprint density at radius 2 is 1.70 bits per heavy atom. The number of aryl methyl sites for hydroxylation is 3.